The van der Waals surface area contributed by atoms with Crippen LogP contribution in [0.5, 0.6) is 11.5 Å². The minimum Gasteiger partial charge on any atom is -0.497 e. The van der Waals surface area contributed by atoms with Crippen molar-refractivity contribution in [3.05, 3.63) is 35.7 Å². The molecule has 0 aliphatic heterocycles. The van der Waals surface area contributed by atoms with Gasteiger partial charge in [0.15, 0.2) is 5.65 Å². The first-order valence-electron chi connectivity index (χ1n) is 9.37. The SMILES string of the molecule is CCN(CCOC)c1cc(C)nc2c(-c3ccc(OC)cc3OC)c(C)nn12. The van der Waals surface area contributed by atoms with Gasteiger partial charge in [-0.2, -0.15) is 9.61 Å². The molecule has 28 heavy (non-hydrogen) atoms. The Morgan fingerprint density at radius 1 is 1.07 bits per heavy atom. The molecule has 0 atom stereocenters. The van der Waals surface area contributed by atoms with Crippen molar-refractivity contribution in [2.75, 3.05) is 45.9 Å². The van der Waals surface area contributed by atoms with Crippen LogP contribution in [0, 0.1) is 13.8 Å². The molecule has 7 heteroatoms. The lowest BCUT2D eigenvalue weighted by molar-refractivity contribution is 0.205. The van der Waals surface area contributed by atoms with Gasteiger partial charge in [-0.1, -0.05) is 0 Å². The molecule has 0 unspecified atom stereocenters. The smallest absolute Gasteiger partial charge is 0.165 e. The third-order valence-electron chi connectivity index (χ3n) is 4.82. The summed E-state index contributed by atoms with van der Waals surface area (Å²) in [6.07, 6.45) is 0. The molecule has 0 saturated heterocycles. The predicted molar refractivity (Wildman–Crippen MR) is 111 cm³/mol. The number of aromatic nitrogens is 3. The Kier molecular flexibility index (Phi) is 6.04. The number of nitrogens with zero attached hydrogens (tertiary/aromatic N) is 4. The van der Waals surface area contributed by atoms with Crippen LogP contribution in [0.25, 0.3) is 16.8 Å². The van der Waals surface area contributed by atoms with Crippen molar-refractivity contribution in [3.8, 4) is 22.6 Å². The summed E-state index contributed by atoms with van der Waals surface area (Å²) in [5.74, 6) is 2.48. The van der Waals surface area contributed by atoms with E-state index in [1.54, 1.807) is 21.3 Å². The maximum absolute atomic E-state index is 5.63. The molecule has 150 valence electrons. The summed E-state index contributed by atoms with van der Waals surface area (Å²) in [4.78, 5) is 7.05. The van der Waals surface area contributed by atoms with Gasteiger partial charge in [0, 0.05) is 43.6 Å². The average Bonchev–Trinajstić information content (AvgIpc) is 3.03. The fraction of sp³-hybridized carbons (Fsp3) is 0.429. The summed E-state index contributed by atoms with van der Waals surface area (Å²) < 4.78 is 18.1. The number of aryl methyl sites for hydroxylation is 2. The van der Waals surface area contributed by atoms with Gasteiger partial charge in [0.25, 0.3) is 0 Å². The van der Waals surface area contributed by atoms with Crippen molar-refractivity contribution in [1.29, 1.82) is 0 Å². The van der Waals surface area contributed by atoms with Crippen LogP contribution in [0.2, 0.25) is 0 Å². The van der Waals surface area contributed by atoms with Crippen molar-refractivity contribution >= 4 is 11.5 Å². The Balaban J connectivity index is 2.22. The summed E-state index contributed by atoms with van der Waals surface area (Å²) in [5, 5.41) is 4.81. The summed E-state index contributed by atoms with van der Waals surface area (Å²) >= 11 is 0. The second-order valence-electron chi connectivity index (χ2n) is 6.59. The van der Waals surface area contributed by atoms with Crippen molar-refractivity contribution in [2.24, 2.45) is 0 Å². The maximum atomic E-state index is 5.63. The van der Waals surface area contributed by atoms with Gasteiger partial charge < -0.3 is 19.1 Å². The predicted octanol–water partition coefficient (Wildman–Crippen LogP) is 3.50. The highest BCUT2D eigenvalue weighted by Gasteiger charge is 2.21. The molecular weight excluding hydrogens is 356 g/mol. The minimum atomic E-state index is 0.649. The van der Waals surface area contributed by atoms with Crippen LogP contribution in [0.1, 0.15) is 18.3 Å². The highest BCUT2D eigenvalue weighted by atomic mass is 16.5. The van der Waals surface area contributed by atoms with Crippen molar-refractivity contribution in [2.45, 2.75) is 20.8 Å². The van der Waals surface area contributed by atoms with E-state index in [-0.39, 0.29) is 0 Å². The van der Waals surface area contributed by atoms with Crippen LogP contribution in [0.15, 0.2) is 24.3 Å². The van der Waals surface area contributed by atoms with E-state index in [4.69, 9.17) is 24.3 Å². The molecule has 0 N–H and O–H groups in total. The van der Waals surface area contributed by atoms with Crippen LogP contribution in [-0.4, -0.2) is 55.6 Å². The quantitative estimate of drug-likeness (QED) is 0.592. The molecule has 7 nitrogen and oxygen atoms in total. The molecule has 0 fully saturated rings. The molecule has 0 aliphatic rings. The van der Waals surface area contributed by atoms with Gasteiger partial charge in [0.1, 0.15) is 17.3 Å². The number of rotatable bonds is 8. The van der Waals surface area contributed by atoms with Gasteiger partial charge >= 0.3 is 0 Å². The molecular formula is C21H28N4O3. The van der Waals surface area contributed by atoms with Gasteiger partial charge in [-0.05, 0) is 32.9 Å². The van der Waals surface area contributed by atoms with Crippen LogP contribution in [-0.2, 0) is 4.74 Å². The van der Waals surface area contributed by atoms with Crippen molar-refractivity contribution < 1.29 is 14.2 Å². The molecule has 0 bridgehead atoms. The van der Waals surface area contributed by atoms with Gasteiger partial charge in [0.05, 0.1) is 32.1 Å². The fourth-order valence-electron chi connectivity index (χ4n) is 3.41. The number of methoxy groups -OCH3 is 3. The Labute approximate surface area is 165 Å². The molecule has 0 saturated carbocycles. The van der Waals surface area contributed by atoms with E-state index >= 15 is 0 Å². The maximum Gasteiger partial charge on any atom is 0.165 e. The third-order valence-corrected chi connectivity index (χ3v) is 4.82. The number of likely N-dealkylation sites (N-methyl/N-ethyl adjacent to an activating group) is 1. The molecule has 2 heterocycles. The Morgan fingerprint density at radius 3 is 2.50 bits per heavy atom. The lowest BCUT2D eigenvalue weighted by atomic mass is 10.0. The molecule has 0 radical (unpaired) electrons. The van der Waals surface area contributed by atoms with E-state index in [1.807, 2.05) is 36.6 Å². The zero-order chi connectivity index (χ0) is 20.3. The third kappa shape index (κ3) is 3.62. The van der Waals surface area contributed by atoms with Crippen LogP contribution in [0.4, 0.5) is 5.82 Å². The average molecular weight is 384 g/mol. The normalized spacial score (nSPS) is 11.1. The monoisotopic (exact) mass is 384 g/mol. The first kappa shape index (κ1) is 19.9. The van der Waals surface area contributed by atoms with E-state index in [9.17, 15) is 0 Å². The molecule has 3 rings (SSSR count). The van der Waals surface area contributed by atoms with Crippen LogP contribution in [0.3, 0.4) is 0 Å². The largest absolute Gasteiger partial charge is 0.497 e. The first-order chi connectivity index (χ1) is 13.5. The molecule has 0 spiro atoms. The lowest BCUT2D eigenvalue weighted by Crippen LogP contribution is -2.29. The zero-order valence-electron chi connectivity index (χ0n) is 17.4. The standard InChI is InChI=1S/C21H28N4O3/c1-7-24(10-11-26-4)19-12-14(2)22-21-20(15(3)23-25(19)21)17-9-8-16(27-5)13-18(17)28-6/h8-9,12-13H,7,10-11H2,1-6H3. The topological polar surface area (TPSA) is 61.1 Å². The molecule has 0 aliphatic carbocycles. The van der Waals surface area contributed by atoms with Crippen LogP contribution < -0.4 is 14.4 Å². The molecule has 0 amide bonds. The van der Waals surface area contributed by atoms with Gasteiger partial charge in [-0.15, -0.1) is 0 Å². The molecule has 1 aromatic carbocycles. The number of hydrogen-bond donors (Lipinski definition) is 0. The van der Waals surface area contributed by atoms with E-state index in [1.165, 1.54) is 0 Å². The summed E-state index contributed by atoms with van der Waals surface area (Å²) in [6.45, 7) is 8.41. The number of anilines is 1. The second-order valence-corrected chi connectivity index (χ2v) is 6.59. The summed E-state index contributed by atoms with van der Waals surface area (Å²) in [7, 11) is 5.02. The van der Waals surface area contributed by atoms with Gasteiger partial charge in [-0.3, -0.25) is 0 Å². The summed E-state index contributed by atoms with van der Waals surface area (Å²) in [6, 6.07) is 7.86. The Hall–Kier alpha value is -2.80. The van der Waals surface area contributed by atoms with Crippen molar-refractivity contribution in [3.63, 3.8) is 0 Å². The van der Waals surface area contributed by atoms with Crippen molar-refractivity contribution in [1.82, 2.24) is 14.6 Å². The first-order valence-corrected chi connectivity index (χ1v) is 9.37. The highest BCUT2D eigenvalue weighted by molar-refractivity contribution is 5.85. The number of fused-ring (bicyclic) bond motifs is 1. The molecule has 3 aromatic rings. The Morgan fingerprint density at radius 2 is 1.86 bits per heavy atom. The number of hydrogen-bond acceptors (Lipinski definition) is 6. The lowest BCUT2D eigenvalue weighted by Gasteiger charge is -2.23. The molecule has 2 aromatic heterocycles. The Bertz CT molecular complexity index is 968. The van der Waals surface area contributed by atoms with Gasteiger partial charge in [0.2, 0.25) is 0 Å². The summed E-state index contributed by atoms with van der Waals surface area (Å²) in [5.41, 5.74) is 4.55. The van der Waals surface area contributed by atoms with E-state index in [0.29, 0.717) is 6.61 Å². The van der Waals surface area contributed by atoms with Gasteiger partial charge in [-0.25, -0.2) is 4.98 Å². The fourth-order valence-corrected chi connectivity index (χ4v) is 3.41. The highest BCUT2D eigenvalue weighted by Crippen LogP contribution is 2.38. The van der Waals surface area contributed by atoms with Crippen LogP contribution >= 0.6 is 0 Å². The second kappa shape index (κ2) is 8.48. The van der Waals surface area contributed by atoms with E-state index in [0.717, 1.165) is 58.6 Å². The van der Waals surface area contributed by atoms with E-state index < -0.39 is 0 Å². The minimum absolute atomic E-state index is 0.649. The number of ether oxygens (including phenoxy) is 3. The zero-order valence-corrected chi connectivity index (χ0v) is 17.4. The number of benzene rings is 1. The van der Waals surface area contributed by atoms with E-state index in [2.05, 4.69) is 17.9 Å².